The molecule has 0 saturated carbocycles. The van der Waals surface area contributed by atoms with E-state index in [1.807, 2.05) is 0 Å². The summed E-state index contributed by atoms with van der Waals surface area (Å²) in [4.78, 5) is 5.31. The van der Waals surface area contributed by atoms with Crippen molar-refractivity contribution in [2.45, 2.75) is 19.5 Å². The second-order valence-electron chi connectivity index (χ2n) is 3.39. The minimum atomic E-state index is -2.40. The first-order valence-electron chi connectivity index (χ1n) is 4.64. The fourth-order valence-electron chi connectivity index (χ4n) is 1.20. The van der Waals surface area contributed by atoms with E-state index in [9.17, 15) is 13.9 Å². The highest BCUT2D eigenvalue weighted by Crippen LogP contribution is 2.17. The van der Waals surface area contributed by atoms with E-state index in [1.165, 1.54) is 11.1 Å². The predicted octanol–water partition coefficient (Wildman–Crippen LogP) is 1.84. The van der Waals surface area contributed by atoms with Gasteiger partial charge < -0.3 is 10.0 Å². The van der Waals surface area contributed by atoms with Crippen LogP contribution in [0.1, 0.15) is 18.6 Å². The normalized spacial score (nSPS) is 12.9. The van der Waals surface area contributed by atoms with Gasteiger partial charge in [-0.1, -0.05) is 0 Å². The zero-order valence-corrected chi connectivity index (χ0v) is 8.69. The molecule has 1 atom stereocenters. The average molecular weight is 216 g/mol. The minimum absolute atomic E-state index is 0.365. The minimum Gasteiger partial charge on any atom is -0.389 e. The van der Waals surface area contributed by atoms with Crippen molar-refractivity contribution in [1.29, 1.82) is 0 Å². The lowest BCUT2D eigenvalue weighted by atomic mass is 10.2. The van der Waals surface area contributed by atoms with Gasteiger partial charge in [0.05, 0.1) is 12.6 Å². The maximum Gasteiger partial charge on any atom is 0.255 e. The number of aliphatic hydroxyl groups excluding tert-OH is 1. The van der Waals surface area contributed by atoms with Crippen LogP contribution in [0.15, 0.2) is 18.3 Å². The van der Waals surface area contributed by atoms with Crippen molar-refractivity contribution in [2.24, 2.45) is 0 Å². The Balaban J connectivity index is 2.80. The maximum absolute atomic E-state index is 12.1. The van der Waals surface area contributed by atoms with Crippen molar-refractivity contribution in [1.82, 2.24) is 4.98 Å². The molecule has 0 amide bonds. The summed E-state index contributed by atoms with van der Waals surface area (Å²) in [5.74, 6) is 0.439. The topological polar surface area (TPSA) is 36.4 Å². The molecule has 0 aromatic carbocycles. The van der Waals surface area contributed by atoms with Crippen molar-refractivity contribution in [2.75, 3.05) is 18.5 Å². The van der Waals surface area contributed by atoms with Crippen molar-refractivity contribution < 1.29 is 13.9 Å². The quantitative estimate of drug-likeness (QED) is 0.834. The van der Waals surface area contributed by atoms with Crippen LogP contribution < -0.4 is 4.90 Å². The SMILES string of the molecule is CC(O)c1ccnc(N(C)CC(F)F)c1. The summed E-state index contributed by atoms with van der Waals surface area (Å²) in [6.45, 7) is 1.25. The van der Waals surface area contributed by atoms with Crippen LogP contribution in [0.25, 0.3) is 0 Å². The first kappa shape index (κ1) is 11.8. The summed E-state index contributed by atoms with van der Waals surface area (Å²) in [6.07, 6.45) is -1.52. The lowest BCUT2D eigenvalue weighted by Crippen LogP contribution is -2.24. The Bertz CT molecular complexity index is 318. The van der Waals surface area contributed by atoms with Gasteiger partial charge in [-0.3, -0.25) is 0 Å². The monoisotopic (exact) mass is 216 g/mol. The number of pyridine rings is 1. The van der Waals surface area contributed by atoms with Gasteiger partial charge in [-0.2, -0.15) is 0 Å². The van der Waals surface area contributed by atoms with Gasteiger partial charge in [0.1, 0.15) is 5.82 Å². The van der Waals surface area contributed by atoms with E-state index in [2.05, 4.69) is 4.98 Å². The highest BCUT2D eigenvalue weighted by molar-refractivity contribution is 5.40. The van der Waals surface area contributed by atoms with Crippen LogP contribution in [0.2, 0.25) is 0 Å². The molecule has 0 aliphatic carbocycles. The number of rotatable bonds is 4. The maximum atomic E-state index is 12.1. The smallest absolute Gasteiger partial charge is 0.255 e. The molecule has 5 heteroatoms. The molecule has 0 fully saturated rings. The van der Waals surface area contributed by atoms with Crippen LogP contribution in [-0.2, 0) is 0 Å². The Kier molecular flexibility index (Phi) is 3.96. The second-order valence-corrected chi connectivity index (χ2v) is 3.39. The number of hydrogen-bond donors (Lipinski definition) is 1. The standard InChI is InChI=1S/C10H14F2N2O/c1-7(15)8-3-4-13-10(5-8)14(2)6-9(11)12/h3-5,7,9,15H,6H2,1-2H3. The van der Waals surface area contributed by atoms with Gasteiger partial charge in [-0.05, 0) is 24.6 Å². The summed E-state index contributed by atoms with van der Waals surface area (Å²) in [5.41, 5.74) is 0.668. The fraction of sp³-hybridized carbons (Fsp3) is 0.500. The Labute approximate surface area is 87.4 Å². The van der Waals surface area contributed by atoms with Crippen LogP contribution >= 0.6 is 0 Å². The first-order chi connectivity index (χ1) is 7.00. The Morgan fingerprint density at radius 1 is 1.53 bits per heavy atom. The zero-order valence-electron chi connectivity index (χ0n) is 8.69. The third-order valence-electron chi connectivity index (χ3n) is 2.05. The molecule has 3 nitrogen and oxygen atoms in total. The average Bonchev–Trinajstić information content (AvgIpc) is 2.17. The van der Waals surface area contributed by atoms with E-state index in [0.29, 0.717) is 11.4 Å². The third-order valence-corrected chi connectivity index (χ3v) is 2.05. The number of anilines is 1. The molecule has 0 bridgehead atoms. The summed E-state index contributed by atoms with van der Waals surface area (Å²) in [7, 11) is 1.54. The van der Waals surface area contributed by atoms with Gasteiger partial charge >= 0.3 is 0 Å². The summed E-state index contributed by atoms with van der Waals surface area (Å²) in [6, 6.07) is 3.26. The van der Waals surface area contributed by atoms with Crippen LogP contribution in [0.3, 0.4) is 0 Å². The highest BCUT2D eigenvalue weighted by atomic mass is 19.3. The largest absolute Gasteiger partial charge is 0.389 e. The third kappa shape index (κ3) is 3.43. The summed E-state index contributed by atoms with van der Waals surface area (Å²) >= 11 is 0. The molecule has 1 heterocycles. The highest BCUT2D eigenvalue weighted by Gasteiger charge is 2.10. The van der Waals surface area contributed by atoms with Crippen LogP contribution in [0.4, 0.5) is 14.6 Å². The fourth-order valence-corrected chi connectivity index (χ4v) is 1.20. The number of halogens is 2. The molecule has 1 rings (SSSR count). The van der Waals surface area contributed by atoms with Gasteiger partial charge in [-0.25, -0.2) is 13.8 Å². The lowest BCUT2D eigenvalue weighted by Gasteiger charge is -2.18. The molecule has 0 saturated heterocycles. The molecule has 0 spiro atoms. The molecular weight excluding hydrogens is 202 g/mol. The van der Waals surface area contributed by atoms with Gasteiger partial charge in [0.25, 0.3) is 6.43 Å². The van der Waals surface area contributed by atoms with E-state index >= 15 is 0 Å². The second kappa shape index (κ2) is 5.02. The van der Waals surface area contributed by atoms with E-state index in [4.69, 9.17) is 0 Å². The van der Waals surface area contributed by atoms with Gasteiger partial charge in [-0.15, -0.1) is 0 Å². The Hall–Kier alpha value is -1.23. The molecule has 1 aromatic rings. The molecule has 15 heavy (non-hydrogen) atoms. The van der Waals surface area contributed by atoms with Crippen molar-refractivity contribution >= 4 is 5.82 Å². The molecule has 1 unspecified atom stereocenters. The van der Waals surface area contributed by atoms with E-state index < -0.39 is 12.5 Å². The summed E-state index contributed by atoms with van der Waals surface area (Å²) < 4.78 is 24.2. The van der Waals surface area contributed by atoms with Gasteiger partial charge in [0, 0.05) is 13.2 Å². The van der Waals surface area contributed by atoms with Crippen LogP contribution in [0, 0.1) is 0 Å². The molecule has 0 aliphatic heterocycles. The van der Waals surface area contributed by atoms with Crippen molar-refractivity contribution in [3.63, 3.8) is 0 Å². The number of hydrogen-bond acceptors (Lipinski definition) is 3. The zero-order chi connectivity index (χ0) is 11.4. The number of alkyl halides is 2. The van der Waals surface area contributed by atoms with Gasteiger partial charge in [0.2, 0.25) is 0 Å². The first-order valence-corrected chi connectivity index (χ1v) is 4.64. The van der Waals surface area contributed by atoms with Crippen molar-refractivity contribution in [3.05, 3.63) is 23.9 Å². The molecule has 0 radical (unpaired) electrons. The lowest BCUT2D eigenvalue weighted by molar-refractivity contribution is 0.156. The number of nitrogens with zero attached hydrogens (tertiary/aromatic N) is 2. The predicted molar refractivity (Wildman–Crippen MR) is 54.1 cm³/mol. The Morgan fingerprint density at radius 3 is 2.73 bits per heavy atom. The molecular formula is C10H14F2N2O. The van der Waals surface area contributed by atoms with Crippen LogP contribution in [-0.4, -0.2) is 30.1 Å². The van der Waals surface area contributed by atoms with E-state index in [-0.39, 0.29) is 6.54 Å². The number of aliphatic hydroxyl groups is 1. The molecule has 1 aromatic heterocycles. The molecule has 1 N–H and O–H groups in total. The summed E-state index contributed by atoms with van der Waals surface area (Å²) in [5, 5.41) is 9.32. The van der Waals surface area contributed by atoms with Crippen molar-refractivity contribution in [3.8, 4) is 0 Å². The number of aromatic nitrogens is 1. The van der Waals surface area contributed by atoms with E-state index in [0.717, 1.165) is 0 Å². The van der Waals surface area contributed by atoms with Crippen LogP contribution in [0.5, 0.6) is 0 Å². The molecule has 0 aliphatic rings. The van der Waals surface area contributed by atoms with E-state index in [1.54, 1.807) is 26.1 Å². The molecule has 84 valence electrons. The Morgan fingerprint density at radius 2 is 2.20 bits per heavy atom. The van der Waals surface area contributed by atoms with Gasteiger partial charge in [0.15, 0.2) is 0 Å².